The maximum atomic E-state index is 5.69. The number of nitrogens with one attached hydrogen (secondary N) is 1. The largest absolute Gasteiger partial charge is 0.399 e. The first-order chi connectivity index (χ1) is 9.22. The van der Waals surface area contributed by atoms with E-state index in [0.29, 0.717) is 0 Å². The lowest BCUT2D eigenvalue weighted by molar-refractivity contribution is 0.867. The molecule has 0 fully saturated rings. The zero-order chi connectivity index (χ0) is 13.2. The average Bonchev–Trinajstić information content (AvgIpc) is 2.87. The predicted molar refractivity (Wildman–Crippen MR) is 75.9 cm³/mol. The molecule has 3 aromatic rings. The molecule has 3 N–H and O–H groups in total. The van der Waals surface area contributed by atoms with Gasteiger partial charge in [0.1, 0.15) is 5.82 Å². The highest BCUT2D eigenvalue weighted by Gasteiger charge is 2.06. The fourth-order valence-corrected chi connectivity index (χ4v) is 1.98. The van der Waals surface area contributed by atoms with E-state index >= 15 is 0 Å². The molecular formula is C14H15N5. The van der Waals surface area contributed by atoms with E-state index < -0.39 is 0 Å². The molecule has 0 aliphatic heterocycles. The summed E-state index contributed by atoms with van der Waals surface area (Å²) in [5, 5.41) is 7.49. The molecule has 0 bridgehead atoms. The zero-order valence-electron chi connectivity index (χ0n) is 10.6. The van der Waals surface area contributed by atoms with Crippen molar-refractivity contribution in [2.45, 2.75) is 13.0 Å². The van der Waals surface area contributed by atoms with E-state index in [1.807, 2.05) is 42.6 Å². The van der Waals surface area contributed by atoms with Crippen molar-refractivity contribution >= 4 is 17.2 Å². The number of nitrogens with zero attached hydrogens (tertiary/aromatic N) is 3. The number of aromatic nitrogens is 3. The third kappa shape index (κ3) is 2.35. The first kappa shape index (κ1) is 11.5. The molecule has 1 aromatic carbocycles. The molecule has 2 heterocycles. The molecule has 5 heteroatoms. The number of anilines is 2. The van der Waals surface area contributed by atoms with Crippen molar-refractivity contribution in [1.82, 2.24) is 14.6 Å². The van der Waals surface area contributed by atoms with E-state index in [2.05, 4.69) is 22.3 Å². The minimum atomic E-state index is 0.165. The number of nitrogen functional groups attached to an aromatic ring is 1. The van der Waals surface area contributed by atoms with Gasteiger partial charge in [0, 0.05) is 24.0 Å². The molecule has 3 rings (SSSR count). The van der Waals surface area contributed by atoms with Crippen LogP contribution in [0.4, 0.5) is 11.5 Å². The Morgan fingerprint density at radius 2 is 1.95 bits per heavy atom. The van der Waals surface area contributed by atoms with Gasteiger partial charge in [-0.25, -0.2) is 9.50 Å². The fraction of sp³-hybridized carbons (Fsp3) is 0.143. The maximum absolute atomic E-state index is 5.69. The molecule has 0 spiro atoms. The summed E-state index contributed by atoms with van der Waals surface area (Å²) in [6.07, 6.45) is 3.62. The summed E-state index contributed by atoms with van der Waals surface area (Å²) < 4.78 is 1.74. The second-order valence-electron chi connectivity index (χ2n) is 4.48. The number of hydrogen-bond acceptors (Lipinski definition) is 4. The van der Waals surface area contributed by atoms with Crippen LogP contribution < -0.4 is 11.1 Å². The van der Waals surface area contributed by atoms with Crippen LogP contribution in [0.5, 0.6) is 0 Å². The van der Waals surface area contributed by atoms with Crippen LogP contribution in [0.3, 0.4) is 0 Å². The Bertz CT molecular complexity index is 686. The van der Waals surface area contributed by atoms with E-state index in [1.165, 1.54) is 5.56 Å². The minimum absolute atomic E-state index is 0.165. The van der Waals surface area contributed by atoms with E-state index in [9.17, 15) is 0 Å². The van der Waals surface area contributed by atoms with Crippen molar-refractivity contribution in [3.05, 3.63) is 54.4 Å². The molecule has 96 valence electrons. The first-order valence-electron chi connectivity index (χ1n) is 6.15. The van der Waals surface area contributed by atoms with Gasteiger partial charge in [-0.3, -0.25) is 0 Å². The van der Waals surface area contributed by atoms with Crippen molar-refractivity contribution in [3.63, 3.8) is 0 Å². The minimum Gasteiger partial charge on any atom is -0.399 e. The van der Waals surface area contributed by atoms with Crippen molar-refractivity contribution < 1.29 is 0 Å². The van der Waals surface area contributed by atoms with Gasteiger partial charge in [-0.05, 0) is 30.7 Å². The van der Waals surface area contributed by atoms with Crippen LogP contribution in [-0.4, -0.2) is 14.6 Å². The highest BCUT2D eigenvalue weighted by molar-refractivity contribution is 5.47. The van der Waals surface area contributed by atoms with Crippen LogP contribution in [0.2, 0.25) is 0 Å². The summed E-state index contributed by atoms with van der Waals surface area (Å²) in [6, 6.07) is 11.8. The number of benzene rings is 1. The smallest absolute Gasteiger partial charge is 0.157 e. The Balaban J connectivity index is 1.81. The molecule has 0 radical (unpaired) electrons. The lowest BCUT2D eigenvalue weighted by atomic mass is 10.1. The van der Waals surface area contributed by atoms with Crippen molar-refractivity contribution in [1.29, 1.82) is 0 Å². The van der Waals surface area contributed by atoms with Gasteiger partial charge >= 0.3 is 0 Å². The molecule has 0 saturated heterocycles. The third-order valence-corrected chi connectivity index (χ3v) is 3.06. The van der Waals surface area contributed by atoms with Crippen LogP contribution in [0.15, 0.2) is 48.8 Å². The molecule has 2 aromatic heterocycles. The number of hydrogen-bond donors (Lipinski definition) is 2. The lowest BCUT2D eigenvalue weighted by Crippen LogP contribution is -2.08. The van der Waals surface area contributed by atoms with Crippen LogP contribution in [0.1, 0.15) is 18.5 Å². The summed E-state index contributed by atoms with van der Waals surface area (Å²) in [5.74, 6) is 0.831. The second-order valence-corrected chi connectivity index (χ2v) is 4.48. The van der Waals surface area contributed by atoms with Crippen LogP contribution in [0.25, 0.3) is 5.65 Å². The fourth-order valence-electron chi connectivity index (χ4n) is 1.98. The third-order valence-electron chi connectivity index (χ3n) is 3.06. The van der Waals surface area contributed by atoms with Crippen molar-refractivity contribution in [2.24, 2.45) is 0 Å². The molecular weight excluding hydrogens is 238 g/mol. The summed E-state index contributed by atoms with van der Waals surface area (Å²) >= 11 is 0. The van der Waals surface area contributed by atoms with Gasteiger partial charge in [0.15, 0.2) is 5.65 Å². The zero-order valence-corrected chi connectivity index (χ0v) is 10.6. The van der Waals surface area contributed by atoms with Crippen LogP contribution in [0, 0.1) is 0 Å². The Morgan fingerprint density at radius 3 is 2.74 bits per heavy atom. The molecule has 0 amide bonds. The maximum Gasteiger partial charge on any atom is 0.157 e. The van der Waals surface area contributed by atoms with Gasteiger partial charge in [-0.2, -0.15) is 5.10 Å². The predicted octanol–water partition coefficient (Wildman–Crippen LogP) is 2.48. The summed E-state index contributed by atoms with van der Waals surface area (Å²) in [4.78, 5) is 4.48. The Labute approximate surface area is 111 Å². The van der Waals surface area contributed by atoms with Gasteiger partial charge in [-0.15, -0.1) is 0 Å². The van der Waals surface area contributed by atoms with Crippen molar-refractivity contribution in [2.75, 3.05) is 11.1 Å². The highest BCUT2D eigenvalue weighted by Crippen LogP contribution is 2.19. The molecule has 0 aliphatic rings. The van der Waals surface area contributed by atoms with Crippen LogP contribution in [-0.2, 0) is 0 Å². The van der Waals surface area contributed by atoms with Crippen molar-refractivity contribution in [3.8, 4) is 0 Å². The van der Waals surface area contributed by atoms with Gasteiger partial charge in [0.25, 0.3) is 0 Å². The summed E-state index contributed by atoms with van der Waals surface area (Å²) in [5.41, 5.74) is 8.46. The molecule has 1 atom stereocenters. The van der Waals surface area contributed by atoms with Gasteiger partial charge in [-0.1, -0.05) is 12.1 Å². The second kappa shape index (κ2) is 4.61. The van der Waals surface area contributed by atoms with Gasteiger partial charge < -0.3 is 11.1 Å². The Morgan fingerprint density at radius 1 is 1.16 bits per heavy atom. The summed E-state index contributed by atoms with van der Waals surface area (Å²) in [6.45, 7) is 2.09. The quantitative estimate of drug-likeness (QED) is 0.704. The first-order valence-corrected chi connectivity index (χ1v) is 6.15. The van der Waals surface area contributed by atoms with E-state index in [1.54, 1.807) is 10.7 Å². The van der Waals surface area contributed by atoms with E-state index in [-0.39, 0.29) is 6.04 Å². The molecule has 1 unspecified atom stereocenters. The Kier molecular flexibility index (Phi) is 2.79. The monoisotopic (exact) mass is 253 g/mol. The van der Waals surface area contributed by atoms with Gasteiger partial charge in [0.2, 0.25) is 0 Å². The van der Waals surface area contributed by atoms with Gasteiger partial charge in [0.05, 0.1) is 6.20 Å². The number of nitrogens with two attached hydrogens (primary N) is 1. The van der Waals surface area contributed by atoms with E-state index in [0.717, 1.165) is 17.2 Å². The molecule has 19 heavy (non-hydrogen) atoms. The van der Waals surface area contributed by atoms with E-state index in [4.69, 9.17) is 5.73 Å². The van der Waals surface area contributed by atoms with Crippen LogP contribution >= 0.6 is 0 Å². The molecule has 5 nitrogen and oxygen atoms in total. The lowest BCUT2D eigenvalue weighted by Gasteiger charge is -2.15. The Hall–Kier alpha value is -2.56. The normalized spacial score (nSPS) is 12.5. The highest BCUT2D eigenvalue weighted by atomic mass is 15.2. The average molecular weight is 253 g/mol. The summed E-state index contributed by atoms with van der Waals surface area (Å²) in [7, 11) is 0. The molecule has 0 saturated carbocycles. The topological polar surface area (TPSA) is 68.2 Å². The SMILES string of the molecule is CC(Nc1ccn2nccc2n1)c1ccc(N)cc1. The standard InChI is InChI=1S/C14H15N5/c1-10(11-2-4-12(15)5-3-11)17-13-7-9-19-14(18-13)6-8-16-19/h2-10H,15H2,1H3,(H,17,18). The number of fused-ring (bicyclic) bond motifs is 1. The number of rotatable bonds is 3. The molecule has 0 aliphatic carbocycles.